The van der Waals surface area contributed by atoms with Gasteiger partial charge in [-0.1, -0.05) is 47.5 Å². The van der Waals surface area contributed by atoms with Gasteiger partial charge in [-0.15, -0.1) is 0 Å². The van der Waals surface area contributed by atoms with E-state index in [4.69, 9.17) is 0 Å². The van der Waals surface area contributed by atoms with E-state index in [1.165, 1.54) is 11.2 Å². The Morgan fingerprint density at radius 3 is 2.09 bits per heavy atom. The van der Waals surface area contributed by atoms with Crippen molar-refractivity contribution in [1.82, 2.24) is 14.5 Å². The SMILES string of the molecule is CC(=O)NC(CC(=O)N1CCN(S(=O)(=O)c2ccc(C)cc2C)CC1)c1ccc(C)cc1. The lowest BCUT2D eigenvalue weighted by Gasteiger charge is -2.35. The van der Waals surface area contributed by atoms with E-state index in [1.54, 1.807) is 24.0 Å². The van der Waals surface area contributed by atoms with Crippen molar-refractivity contribution in [3.63, 3.8) is 0 Å². The number of carbonyl (C=O) groups excluding carboxylic acids is 2. The Labute approximate surface area is 190 Å². The van der Waals surface area contributed by atoms with Crippen LogP contribution in [0.4, 0.5) is 0 Å². The number of amides is 2. The fourth-order valence-corrected chi connectivity index (χ4v) is 5.63. The van der Waals surface area contributed by atoms with Gasteiger partial charge >= 0.3 is 0 Å². The lowest BCUT2D eigenvalue weighted by molar-refractivity contribution is -0.133. The molecule has 0 aliphatic carbocycles. The van der Waals surface area contributed by atoms with Gasteiger partial charge in [-0.3, -0.25) is 9.59 Å². The zero-order valence-electron chi connectivity index (χ0n) is 19.1. The second kappa shape index (κ2) is 9.83. The molecule has 0 radical (unpaired) electrons. The normalized spacial score (nSPS) is 15.9. The quantitative estimate of drug-likeness (QED) is 0.723. The maximum atomic E-state index is 13.1. The summed E-state index contributed by atoms with van der Waals surface area (Å²) in [7, 11) is -3.61. The summed E-state index contributed by atoms with van der Waals surface area (Å²) >= 11 is 0. The van der Waals surface area contributed by atoms with Gasteiger partial charge in [0.15, 0.2) is 0 Å². The second-order valence-electron chi connectivity index (χ2n) is 8.42. The number of benzene rings is 2. The molecular weight excluding hydrogens is 426 g/mol. The topological polar surface area (TPSA) is 86.8 Å². The molecular formula is C24H31N3O4S. The Bertz CT molecular complexity index is 1090. The average molecular weight is 458 g/mol. The molecule has 1 heterocycles. The first-order chi connectivity index (χ1) is 15.1. The number of aryl methyl sites for hydroxylation is 3. The third-order valence-electron chi connectivity index (χ3n) is 5.78. The zero-order chi connectivity index (χ0) is 23.5. The first kappa shape index (κ1) is 23.9. The number of piperazine rings is 1. The van der Waals surface area contributed by atoms with Crippen molar-refractivity contribution in [3.8, 4) is 0 Å². The first-order valence-electron chi connectivity index (χ1n) is 10.8. The molecule has 1 fully saturated rings. The fourth-order valence-electron chi connectivity index (χ4n) is 4.01. The first-order valence-corrected chi connectivity index (χ1v) is 12.2. The van der Waals surface area contributed by atoms with Gasteiger partial charge in [-0.05, 0) is 38.0 Å². The van der Waals surface area contributed by atoms with E-state index in [9.17, 15) is 18.0 Å². The third-order valence-corrected chi connectivity index (χ3v) is 7.83. The van der Waals surface area contributed by atoms with Gasteiger partial charge in [0.1, 0.15) is 0 Å². The van der Waals surface area contributed by atoms with Crippen LogP contribution in [0.1, 0.15) is 41.6 Å². The van der Waals surface area contributed by atoms with E-state index in [0.717, 1.165) is 22.3 Å². The molecule has 3 rings (SSSR count). The second-order valence-corrected chi connectivity index (χ2v) is 10.3. The maximum Gasteiger partial charge on any atom is 0.243 e. The Kier molecular flexibility index (Phi) is 7.36. The molecule has 2 aromatic carbocycles. The van der Waals surface area contributed by atoms with Gasteiger partial charge in [0.05, 0.1) is 17.4 Å². The van der Waals surface area contributed by atoms with Crippen LogP contribution >= 0.6 is 0 Å². The summed E-state index contributed by atoms with van der Waals surface area (Å²) < 4.78 is 27.6. The van der Waals surface area contributed by atoms with Gasteiger partial charge in [-0.25, -0.2) is 8.42 Å². The monoisotopic (exact) mass is 457 g/mol. The molecule has 0 spiro atoms. The highest BCUT2D eigenvalue weighted by Crippen LogP contribution is 2.23. The molecule has 1 atom stereocenters. The molecule has 1 aliphatic heterocycles. The minimum atomic E-state index is -3.61. The minimum Gasteiger partial charge on any atom is -0.349 e. The molecule has 1 N–H and O–H groups in total. The predicted octanol–water partition coefficient (Wildman–Crippen LogP) is 2.71. The molecule has 0 bridgehead atoms. The number of nitrogens with one attached hydrogen (secondary N) is 1. The largest absolute Gasteiger partial charge is 0.349 e. The highest BCUT2D eigenvalue weighted by molar-refractivity contribution is 7.89. The molecule has 32 heavy (non-hydrogen) atoms. The van der Waals surface area contributed by atoms with Crippen LogP contribution in [0, 0.1) is 20.8 Å². The van der Waals surface area contributed by atoms with Gasteiger partial charge < -0.3 is 10.2 Å². The van der Waals surface area contributed by atoms with Crippen molar-refractivity contribution in [3.05, 3.63) is 64.7 Å². The van der Waals surface area contributed by atoms with Crippen LogP contribution in [0.2, 0.25) is 0 Å². The highest BCUT2D eigenvalue weighted by atomic mass is 32.2. The van der Waals surface area contributed by atoms with E-state index in [0.29, 0.717) is 18.0 Å². The smallest absolute Gasteiger partial charge is 0.243 e. The van der Waals surface area contributed by atoms with Crippen LogP contribution in [-0.2, 0) is 19.6 Å². The molecule has 1 unspecified atom stereocenters. The molecule has 7 nitrogen and oxygen atoms in total. The molecule has 8 heteroatoms. The van der Waals surface area contributed by atoms with Crippen molar-refractivity contribution in [2.45, 2.75) is 45.1 Å². The van der Waals surface area contributed by atoms with Crippen LogP contribution < -0.4 is 5.32 Å². The Balaban J connectivity index is 1.66. The van der Waals surface area contributed by atoms with Crippen LogP contribution in [-0.4, -0.2) is 55.6 Å². The molecule has 1 aliphatic rings. The number of sulfonamides is 1. The maximum absolute atomic E-state index is 13.1. The summed E-state index contributed by atoms with van der Waals surface area (Å²) in [5.41, 5.74) is 3.71. The van der Waals surface area contributed by atoms with E-state index in [2.05, 4.69) is 5.32 Å². The van der Waals surface area contributed by atoms with E-state index < -0.39 is 16.1 Å². The molecule has 2 aromatic rings. The number of hydrogen-bond donors (Lipinski definition) is 1. The Morgan fingerprint density at radius 2 is 1.53 bits per heavy atom. The molecule has 0 saturated carbocycles. The summed E-state index contributed by atoms with van der Waals surface area (Å²) in [5.74, 6) is -0.305. The summed E-state index contributed by atoms with van der Waals surface area (Å²) in [4.78, 5) is 26.6. The van der Waals surface area contributed by atoms with E-state index in [-0.39, 0.29) is 31.3 Å². The van der Waals surface area contributed by atoms with Crippen LogP contribution in [0.25, 0.3) is 0 Å². The lowest BCUT2D eigenvalue weighted by Crippen LogP contribution is -2.51. The van der Waals surface area contributed by atoms with E-state index >= 15 is 0 Å². The van der Waals surface area contributed by atoms with Crippen LogP contribution in [0.15, 0.2) is 47.4 Å². The average Bonchev–Trinajstić information content (AvgIpc) is 2.73. The zero-order valence-corrected chi connectivity index (χ0v) is 19.9. The summed E-state index contributed by atoms with van der Waals surface area (Å²) in [6, 6.07) is 12.6. The fraction of sp³-hybridized carbons (Fsp3) is 0.417. The van der Waals surface area contributed by atoms with Gasteiger partial charge in [-0.2, -0.15) is 4.31 Å². The van der Waals surface area contributed by atoms with Crippen molar-refractivity contribution in [2.75, 3.05) is 26.2 Å². The van der Waals surface area contributed by atoms with Crippen molar-refractivity contribution < 1.29 is 18.0 Å². The summed E-state index contributed by atoms with van der Waals surface area (Å²) in [5, 5.41) is 2.86. The standard InChI is InChI=1S/C24H31N3O4S/c1-17-5-8-21(9-6-17)22(25-20(4)28)16-24(29)26-11-13-27(14-12-26)32(30,31)23-10-7-18(2)15-19(23)3/h5-10,15,22H,11-14,16H2,1-4H3,(H,25,28). The molecule has 1 saturated heterocycles. The lowest BCUT2D eigenvalue weighted by atomic mass is 10.0. The summed E-state index contributed by atoms with van der Waals surface area (Å²) in [6.45, 7) is 8.28. The molecule has 0 aromatic heterocycles. The molecule has 2 amide bonds. The van der Waals surface area contributed by atoms with Crippen molar-refractivity contribution in [1.29, 1.82) is 0 Å². The van der Waals surface area contributed by atoms with Gasteiger partial charge in [0.25, 0.3) is 0 Å². The number of carbonyl (C=O) groups is 2. The van der Waals surface area contributed by atoms with Crippen molar-refractivity contribution >= 4 is 21.8 Å². The molecule has 172 valence electrons. The Morgan fingerprint density at radius 1 is 0.938 bits per heavy atom. The van der Waals surface area contributed by atoms with Crippen LogP contribution in [0.5, 0.6) is 0 Å². The van der Waals surface area contributed by atoms with Gasteiger partial charge in [0, 0.05) is 33.1 Å². The Hall–Kier alpha value is -2.71. The number of nitrogens with zero attached hydrogens (tertiary/aromatic N) is 2. The number of rotatable bonds is 6. The van der Waals surface area contributed by atoms with Gasteiger partial charge in [0.2, 0.25) is 21.8 Å². The minimum absolute atomic E-state index is 0.104. The van der Waals surface area contributed by atoms with Crippen molar-refractivity contribution in [2.24, 2.45) is 0 Å². The third kappa shape index (κ3) is 5.55. The van der Waals surface area contributed by atoms with E-state index in [1.807, 2.05) is 44.2 Å². The highest BCUT2D eigenvalue weighted by Gasteiger charge is 2.31. The van der Waals surface area contributed by atoms with Crippen LogP contribution in [0.3, 0.4) is 0 Å². The summed E-state index contributed by atoms with van der Waals surface area (Å²) in [6.07, 6.45) is 0.131. The predicted molar refractivity (Wildman–Crippen MR) is 124 cm³/mol. The number of hydrogen-bond acceptors (Lipinski definition) is 4.